The molecule has 0 fully saturated rings. The highest BCUT2D eigenvalue weighted by Gasteiger charge is 2.26. The molecule has 9 nitrogen and oxygen atoms in total. The molecule has 28 heavy (non-hydrogen) atoms. The van der Waals surface area contributed by atoms with Crippen LogP contribution in [0.15, 0.2) is 24.3 Å². The van der Waals surface area contributed by atoms with Crippen LogP contribution in [0.2, 0.25) is 0 Å². The SMILES string of the molecule is CCOC(=O)CNC(=O)C(=O)Nc1c2c(nn1-c1ccc(OC)cc1)CSC2. The first-order valence-corrected chi connectivity index (χ1v) is 9.76. The van der Waals surface area contributed by atoms with Crippen LogP contribution in [0.5, 0.6) is 5.75 Å². The van der Waals surface area contributed by atoms with Crippen molar-refractivity contribution in [2.24, 2.45) is 0 Å². The van der Waals surface area contributed by atoms with Gasteiger partial charge in [0.1, 0.15) is 18.1 Å². The van der Waals surface area contributed by atoms with Crippen molar-refractivity contribution in [2.75, 3.05) is 25.6 Å². The van der Waals surface area contributed by atoms with Gasteiger partial charge >= 0.3 is 17.8 Å². The molecule has 0 saturated heterocycles. The van der Waals surface area contributed by atoms with Crippen LogP contribution < -0.4 is 15.4 Å². The Kier molecular flexibility index (Phi) is 6.19. The summed E-state index contributed by atoms with van der Waals surface area (Å²) in [5, 5.41) is 9.43. The van der Waals surface area contributed by atoms with E-state index in [1.54, 1.807) is 42.6 Å². The number of methoxy groups -OCH3 is 1. The van der Waals surface area contributed by atoms with Gasteiger partial charge in [-0.05, 0) is 31.2 Å². The Hall–Kier alpha value is -3.01. The van der Waals surface area contributed by atoms with Crippen LogP contribution in [0, 0.1) is 0 Å². The molecule has 0 aliphatic carbocycles. The molecule has 2 amide bonds. The summed E-state index contributed by atoms with van der Waals surface area (Å²) in [6, 6.07) is 7.19. The first-order chi connectivity index (χ1) is 13.5. The van der Waals surface area contributed by atoms with Crippen LogP contribution in [0.4, 0.5) is 5.82 Å². The lowest BCUT2D eigenvalue weighted by molar-refractivity contribution is -0.144. The van der Waals surface area contributed by atoms with E-state index in [-0.39, 0.29) is 13.2 Å². The maximum Gasteiger partial charge on any atom is 0.325 e. The van der Waals surface area contributed by atoms with Crippen LogP contribution in [0.25, 0.3) is 5.69 Å². The van der Waals surface area contributed by atoms with E-state index in [0.29, 0.717) is 17.3 Å². The van der Waals surface area contributed by atoms with Crippen molar-refractivity contribution in [3.05, 3.63) is 35.5 Å². The summed E-state index contributed by atoms with van der Waals surface area (Å²) in [5.41, 5.74) is 2.47. The van der Waals surface area contributed by atoms with Crippen LogP contribution >= 0.6 is 11.8 Å². The number of anilines is 1. The third-order valence-electron chi connectivity index (χ3n) is 4.01. The number of carbonyl (C=O) groups is 3. The lowest BCUT2D eigenvalue weighted by Crippen LogP contribution is -2.39. The Morgan fingerprint density at radius 1 is 1.18 bits per heavy atom. The van der Waals surface area contributed by atoms with Crippen molar-refractivity contribution in [3.8, 4) is 11.4 Å². The third-order valence-corrected chi connectivity index (χ3v) is 4.98. The van der Waals surface area contributed by atoms with Crippen molar-refractivity contribution in [2.45, 2.75) is 18.4 Å². The van der Waals surface area contributed by atoms with Gasteiger partial charge in [-0.25, -0.2) is 4.68 Å². The van der Waals surface area contributed by atoms with E-state index in [2.05, 4.69) is 15.7 Å². The van der Waals surface area contributed by atoms with E-state index in [9.17, 15) is 14.4 Å². The first kappa shape index (κ1) is 19.7. The fourth-order valence-corrected chi connectivity index (χ4v) is 3.70. The smallest absolute Gasteiger partial charge is 0.325 e. The quantitative estimate of drug-likeness (QED) is 0.550. The Morgan fingerprint density at radius 3 is 2.61 bits per heavy atom. The monoisotopic (exact) mass is 404 g/mol. The van der Waals surface area contributed by atoms with E-state index >= 15 is 0 Å². The molecule has 1 aromatic carbocycles. The third kappa shape index (κ3) is 4.28. The van der Waals surface area contributed by atoms with Gasteiger partial charge in [-0.15, -0.1) is 0 Å². The number of thioether (sulfide) groups is 1. The van der Waals surface area contributed by atoms with E-state index in [4.69, 9.17) is 9.47 Å². The molecule has 0 spiro atoms. The molecule has 2 heterocycles. The molecule has 0 atom stereocenters. The molecule has 148 valence electrons. The average Bonchev–Trinajstić information content (AvgIpc) is 3.29. The van der Waals surface area contributed by atoms with Crippen LogP contribution in [-0.4, -0.2) is 47.8 Å². The summed E-state index contributed by atoms with van der Waals surface area (Å²) >= 11 is 1.68. The minimum Gasteiger partial charge on any atom is -0.497 e. The van der Waals surface area contributed by atoms with Gasteiger partial charge < -0.3 is 20.1 Å². The van der Waals surface area contributed by atoms with Gasteiger partial charge in [0.25, 0.3) is 0 Å². The predicted molar refractivity (Wildman–Crippen MR) is 103 cm³/mol. The fourth-order valence-electron chi connectivity index (χ4n) is 2.66. The van der Waals surface area contributed by atoms with E-state index in [0.717, 1.165) is 22.7 Å². The number of hydrogen-bond acceptors (Lipinski definition) is 7. The van der Waals surface area contributed by atoms with E-state index in [1.807, 2.05) is 12.1 Å². The Balaban J connectivity index is 1.78. The topological polar surface area (TPSA) is 112 Å². The summed E-state index contributed by atoms with van der Waals surface area (Å²) in [4.78, 5) is 35.7. The van der Waals surface area contributed by atoms with Gasteiger partial charge in [0.2, 0.25) is 0 Å². The van der Waals surface area contributed by atoms with Crippen molar-refractivity contribution >= 4 is 35.4 Å². The number of rotatable bonds is 6. The Labute approximate surface area is 165 Å². The molecule has 1 aliphatic rings. The Bertz CT molecular complexity index is 894. The minimum absolute atomic E-state index is 0.200. The zero-order valence-corrected chi connectivity index (χ0v) is 16.3. The normalized spacial score (nSPS) is 12.2. The molecule has 0 saturated carbocycles. The first-order valence-electron chi connectivity index (χ1n) is 8.61. The zero-order chi connectivity index (χ0) is 20.1. The number of ether oxygens (including phenoxy) is 2. The zero-order valence-electron chi connectivity index (χ0n) is 15.5. The maximum absolute atomic E-state index is 12.3. The number of amides is 2. The number of hydrogen-bond donors (Lipinski definition) is 2. The molecule has 0 bridgehead atoms. The van der Waals surface area contributed by atoms with Crippen LogP contribution in [0.3, 0.4) is 0 Å². The number of benzene rings is 1. The molecule has 0 radical (unpaired) electrons. The molecule has 2 N–H and O–H groups in total. The second kappa shape index (κ2) is 8.79. The lowest BCUT2D eigenvalue weighted by Gasteiger charge is -2.11. The summed E-state index contributed by atoms with van der Waals surface area (Å²) in [6.07, 6.45) is 0. The molecular formula is C18H20N4O5S. The maximum atomic E-state index is 12.3. The van der Waals surface area contributed by atoms with Gasteiger partial charge in [-0.3, -0.25) is 14.4 Å². The molecule has 2 aromatic rings. The summed E-state index contributed by atoms with van der Waals surface area (Å²) in [7, 11) is 1.58. The molecule has 1 aromatic heterocycles. The summed E-state index contributed by atoms with van der Waals surface area (Å²) < 4.78 is 11.5. The van der Waals surface area contributed by atoms with Crippen molar-refractivity contribution in [1.29, 1.82) is 0 Å². The summed E-state index contributed by atoms with van der Waals surface area (Å²) in [6.45, 7) is 1.49. The van der Waals surface area contributed by atoms with E-state index < -0.39 is 17.8 Å². The van der Waals surface area contributed by atoms with Gasteiger partial charge in [0.15, 0.2) is 0 Å². The van der Waals surface area contributed by atoms with Crippen molar-refractivity contribution < 1.29 is 23.9 Å². The number of nitrogens with zero attached hydrogens (tertiary/aromatic N) is 2. The average molecular weight is 404 g/mol. The standard InChI is InChI=1S/C18H20N4O5S/c1-3-27-15(23)8-19-17(24)18(25)20-16-13-9-28-10-14(13)21-22(16)11-4-6-12(26-2)7-5-11/h4-7H,3,8-10H2,1-2H3,(H,19,24)(H,20,25). The number of carbonyl (C=O) groups excluding carboxylic acids is 3. The minimum atomic E-state index is -0.921. The molecule has 1 aliphatic heterocycles. The molecule has 10 heteroatoms. The van der Waals surface area contributed by atoms with E-state index in [1.165, 1.54) is 0 Å². The van der Waals surface area contributed by atoms with Gasteiger partial charge in [-0.1, -0.05) is 0 Å². The second-order valence-electron chi connectivity index (χ2n) is 5.82. The lowest BCUT2D eigenvalue weighted by atomic mass is 10.2. The predicted octanol–water partition coefficient (Wildman–Crippen LogP) is 1.25. The fraction of sp³-hybridized carbons (Fsp3) is 0.333. The number of aromatic nitrogens is 2. The highest BCUT2D eigenvalue weighted by molar-refractivity contribution is 7.98. The Morgan fingerprint density at radius 2 is 1.93 bits per heavy atom. The highest BCUT2D eigenvalue weighted by Crippen LogP contribution is 2.36. The van der Waals surface area contributed by atoms with Gasteiger partial charge in [0.05, 0.1) is 25.1 Å². The molecule has 0 unspecified atom stereocenters. The molecular weight excluding hydrogens is 384 g/mol. The highest BCUT2D eigenvalue weighted by atomic mass is 32.2. The van der Waals surface area contributed by atoms with Crippen molar-refractivity contribution in [3.63, 3.8) is 0 Å². The largest absolute Gasteiger partial charge is 0.497 e. The van der Waals surface area contributed by atoms with Gasteiger partial charge in [-0.2, -0.15) is 16.9 Å². The van der Waals surface area contributed by atoms with Gasteiger partial charge in [0, 0.05) is 17.1 Å². The van der Waals surface area contributed by atoms with Crippen molar-refractivity contribution in [1.82, 2.24) is 15.1 Å². The second-order valence-corrected chi connectivity index (χ2v) is 6.80. The number of fused-ring (bicyclic) bond motifs is 1. The van der Waals surface area contributed by atoms with Crippen LogP contribution in [-0.2, 0) is 30.6 Å². The number of esters is 1. The molecule has 3 rings (SSSR count). The van der Waals surface area contributed by atoms with Crippen LogP contribution in [0.1, 0.15) is 18.2 Å². The summed E-state index contributed by atoms with van der Waals surface area (Å²) in [5.74, 6) is 0.157. The number of nitrogens with one attached hydrogen (secondary N) is 2.